The zero-order valence-electron chi connectivity index (χ0n) is 10.8. The zero-order chi connectivity index (χ0) is 14.7. The molecule has 2 aromatic carbocycles. The molecule has 0 bridgehead atoms. The number of benzene rings is 2. The molecule has 0 aromatic heterocycles. The Bertz CT molecular complexity index is 596. The van der Waals surface area contributed by atoms with Gasteiger partial charge in [0.25, 0.3) is 0 Å². The van der Waals surface area contributed by atoms with Gasteiger partial charge in [0.1, 0.15) is 17.5 Å². The Morgan fingerprint density at radius 2 is 1.70 bits per heavy atom. The van der Waals surface area contributed by atoms with E-state index in [1.165, 1.54) is 24.3 Å². The second-order valence-corrected chi connectivity index (χ2v) is 5.34. The molecule has 0 amide bonds. The van der Waals surface area contributed by atoms with Crippen LogP contribution in [0.5, 0.6) is 0 Å². The predicted molar refractivity (Wildman–Crippen MR) is 75.7 cm³/mol. The van der Waals surface area contributed by atoms with Crippen molar-refractivity contribution in [2.24, 2.45) is 0 Å². The molecule has 0 aliphatic heterocycles. The SMILES string of the molecule is CC(NCc1ccc(F)c(Br)c1)c1c(F)cccc1F. The molecule has 5 heteroatoms. The van der Waals surface area contributed by atoms with E-state index in [4.69, 9.17) is 0 Å². The van der Waals surface area contributed by atoms with E-state index < -0.39 is 17.7 Å². The summed E-state index contributed by atoms with van der Waals surface area (Å²) in [5.41, 5.74) is 0.829. The molecule has 0 aliphatic carbocycles. The number of nitrogens with one attached hydrogen (secondary N) is 1. The summed E-state index contributed by atoms with van der Waals surface area (Å²) in [6, 6.07) is 7.90. The lowest BCUT2D eigenvalue weighted by atomic mass is 10.1. The normalized spacial score (nSPS) is 12.4. The van der Waals surface area contributed by atoms with E-state index in [0.717, 1.165) is 5.56 Å². The first-order valence-electron chi connectivity index (χ1n) is 6.10. The Balaban J connectivity index is 2.08. The van der Waals surface area contributed by atoms with Gasteiger partial charge in [-0.15, -0.1) is 0 Å². The van der Waals surface area contributed by atoms with Crippen molar-refractivity contribution in [3.05, 3.63) is 69.4 Å². The summed E-state index contributed by atoms with van der Waals surface area (Å²) in [7, 11) is 0. The van der Waals surface area contributed by atoms with Crippen LogP contribution in [0.3, 0.4) is 0 Å². The molecule has 0 fully saturated rings. The third-order valence-electron chi connectivity index (χ3n) is 3.03. The van der Waals surface area contributed by atoms with Gasteiger partial charge in [0.05, 0.1) is 4.47 Å². The van der Waals surface area contributed by atoms with Crippen molar-refractivity contribution in [2.75, 3.05) is 0 Å². The minimum atomic E-state index is -0.578. The van der Waals surface area contributed by atoms with Crippen molar-refractivity contribution >= 4 is 15.9 Å². The number of halogens is 4. The molecule has 0 spiro atoms. The zero-order valence-corrected chi connectivity index (χ0v) is 12.3. The minimum absolute atomic E-state index is 0.00803. The predicted octanol–water partition coefficient (Wildman–Crippen LogP) is 4.72. The smallest absolute Gasteiger partial charge is 0.137 e. The highest BCUT2D eigenvalue weighted by Crippen LogP contribution is 2.21. The minimum Gasteiger partial charge on any atom is -0.306 e. The van der Waals surface area contributed by atoms with Gasteiger partial charge in [0.15, 0.2) is 0 Å². The molecular formula is C15H13BrF3N. The third-order valence-corrected chi connectivity index (χ3v) is 3.64. The van der Waals surface area contributed by atoms with Gasteiger partial charge in [-0.3, -0.25) is 0 Å². The van der Waals surface area contributed by atoms with Gasteiger partial charge in [-0.05, 0) is 52.7 Å². The van der Waals surface area contributed by atoms with Crippen molar-refractivity contribution in [3.63, 3.8) is 0 Å². The van der Waals surface area contributed by atoms with Crippen molar-refractivity contribution in [1.82, 2.24) is 5.32 Å². The van der Waals surface area contributed by atoms with Crippen LogP contribution in [0.15, 0.2) is 40.9 Å². The highest BCUT2D eigenvalue weighted by molar-refractivity contribution is 9.10. The van der Waals surface area contributed by atoms with Crippen molar-refractivity contribution in [1.29, 1.82) is 0 Å². The lowest BCUT2D eigenvalue weighted by Crippen LogP contribution is -2.20. The lowest BCUT2D eigenvalue weighted by molar-refractivity contribution is 0.487. The Labute approximate surface area is 123 Å². The lowest BCUT2D eigenvalue weighted by Gasteiger charge is -2.16. The van der Waals surface area contributed by atoms with Gasteiger partial charge in [0, 0.05) is 18.2 Å². The van der Waals surface area contributed by atoms with E-state index in [1.807, 2.05) is 0 Å². The summed E-state index contributed by atoms with van der Waals surface area (Å²) in [5.74, 6) is -1.50. The average molecular weight is 344 g/mol. The summed E-state index contributed by atoms with van der Waals surface area (Å²) >= 11 is 3.10. The third kappa shape index (κ3) is 3.41. The van der Waals surface area contributed by atoms with Crippen molar-refractivity contribution in [3.8, 4) is 0 Å². The molecule has 2 aromatic rings. The number of hydrogen-bond acceptors (Lipinski definition) is 1. The first kappa shape index (κ1) is 15.1. The van der Waals surface area contributed by atoms with Gasteiger partial charge < -0.3 is 5.32 Å². The monoisotopic (exact) mass is 343 g/mol. The number of rotatable bonds is 4. The Morgan fingerprint density at radius 1 is 1.05 bits per heavy atom. The summed E-state index contributed by atoms with van der Waals surface area (Å²) in [6.45, 7) is 2.06. The van der Waals surface area contributed by atoms with E-state index in [1.54, 1.807) is 19.1 Å². The highest BCUT2D eigenvalue weighted by atomic mass is 79.9. The Morgan fingerprint density at radius 3 is 2.30 bits per heavy atom. The Hall–Kier alpha value is -1.33. The maximum atomic E-state index is 13.6. The second kappa shape index (κ2) is 6.41. The summed E-state index contributed by atoms with van der Waals surface area (Å²) in [5, 5.41) is 3.02. The van der Waals surface area contributed by atoms with E-state index in [2.05, 4.69) is 21.2 Å². The second-order valence-electron chi connectivity index (χ2n) is 4.49. The maximum Gasteiger partial charge on any atom is 0.137 e. The molecule has 0 aliphatic rings. The van der Waals surface area contributed by atoms with Crippen LogP contribution in [0.25, 0.3) is 0 Å². The van der Waals surface area contributed by atoms with Crippen LogP contribution in [-0.2, 0) is 6.54 Å². The van der Waals surface area contributed by atoms with E-state index >= 15 is 0 Å². The fourth-order valence-electron chi connectivity index (χ4n) is 1.95. The summed E-state index contributed by atoms with van der Waals surface area (Å²) < 4.78 is 40.7. The first-order chi connectivity index (χ1) is 9.49. The Kier molecular flexibility index (Phi) is 4.83. The molecule has 1 unspecified atom stereocenters. The van der Waals surface area contributed by atoms with E-state index in [9.17, 15) is 13.2 Å². The van der Waals surface area contributed by atoms with Crippen LogP contribution >= 0.6 is 15.9 Å². The first-order valence-corrected chi connectivity index (χ1v) is 6.89. The molecule has 1 atom stereocenters. The topological polar surface area (TPSA) is 12.0 Å². The standard InChI is InChI=1S/C15H13BrF3N/c1-9(15-13(18)3-2-4-14(15)19)20-8-10-5-6-12(17)11(16)7-10/h2-7,9,20H,8H2,1H3. The van der Waals surface area contributed by atoms with Crippen molar-refractivity contribution in [2.45, 2.75) is 19.5 Å². The fraction of sp³-hybridized carbons (Fsp3) is 0.200. The van der Waals surface area contributed by atoms with Crippen LogP contribution in [0.2, 0.25) is 0 Å². The molecule has 1 N–H and O–H groups in total. The summed E-state index contributed by atoms with van der Waals surface area (Å²) in [4.78, 5) is 0. The van der Waals surface area contributed by atoms with E-state index in [0.29, 0.717) is 11.0 Å². The van der Waals surface area contributed by atoms with Crippen LogP contribution in [0.4, 0.5) is 13.2 Å². The summed E-state index contributed by atoms with van der Waals surface area (Å²) in [6.07, 6.45) is 0. The molecular weight excluding hydrogens is 331 g/mol. The molecule has 0 radical (unpaired) electrons. The molecule has 2 rings (SSSR count). The molecule has 0 saturated heterocycles. The molecule has 1 nitrogen and oxygen atoms in total. The maximum absolute atomic E-state index is 13.6. The quantitative estimate of drug-likeness (QED) is 0.847. The van der Waals surface area contributed by atoms with Gasteiger partial charge >= 0.3 is 0 Å². The van der Waals surface area contributed by atoms with Gasteiger partial charge in [-0.25, -0.2) is 13.2 Å². The fourth-order valence-corrected chi connectivity index (χ4v) is 2.37. The largest absolute Gasteiger partial charge is 0.306 e. The highest BCUT2D eigenvalue weighted by Gasteiger charge is 2.15. The van der Waals surface area contributed by atoms with Crippen LogP contribution < -0.4 is 5.32 Å². The van der Waals surface area contributed by atoms with Gasteiger partial charge in [-0.2, -0.15) is 0 Å². The molecule has 0 heterocycles. The van der Waals surface area contributed by atoms with Crippen molar-refractivity contribution < 1.29 is 13.2 Å². The number of hydrogen-bond donors (Lipinski definition) is 1. The average Bonchev–Trinajstić information content (AvgIpc) is 2.40. The van der Waals surface area contributed by atoms with Gasteiger partial charge in [-0.1, -0.05) is 12.1 Å². The van der Waals surface area contributed by atoms with Crippen LogP contribution in [-0.4, -0.2) is 0 Å². The molecule has 0 saturated carbocycles. The van der Waals surface area contributed by atoms with E-state index in [-0.39, 0.29) is 11.4 Å². The van der Waals surface area contributed by atoms with Gasteiger partial charge in [0.2, 0.25) is 0 Å². The molecule has 106 valence electrons. The van der Waals surface area contributed by atoms with Crippen LogP contribution in [0.1, 0.15) is 24.1 Å². The molecule has 20 heavy (non-hydrogen) atoms. The van der Waals surface area contributed by atoms with Crippen LogP contribution in [0, 0.1) is 17.5 Å².